The number of hydrogen-bond donors (Lipinski definition) is 7. The van der Waals surface area contributed by atoms with Crippen LogP contribution in [-0.2, 0) is 14.3 Å². The smallest absolute Gasteiger partial charge is 0.450 e. The van der Waals surface area contributed by atoms with Gasteiger partial charge in [0.15, 0.2) is 0 Å². The van der Waals surface area contributed by atoms with Gasteiger partial charge in [0.1, 0.15) is 19.3 Å². The summed E-state index contributed by atoms with van der Waals surface area (Å²) in [4.78, 5) is 35.7. The molecule has 0 spiro atoms. The number of carbonyl (C=O) groups excluding carboxylic acids is 2. The number of carboxylic acid groups (broad SMARTS) is 1. The summed E-state index contributed by atoms with van der Waals surface area (Å²) in [5.41, 5.74) is 22.4. The maximum atomic E-state index is 12.8. The average Bonchev–Trinajstić information content (AvgIpc) is 2.75. The van der Waals surface area contributed by atoms with Crippen LogP contribution in [0.5, 0.6) is 0 Å². The molecule has 0 saturated carbocycles. The summed E-state index contributed by atoms with van der Waals surface area (Å²) in [6.07, 6.45) is 3.79. The Morgan fingerprint density at radius 1 is 0.750 bits per heavy atom. The number of unbranched alkanes of at least 4 members (excludes halogenated alkanes) is 3. The Bertz CT molecular complexity index is 525. The van der Waals surface area contributed by atoms with Crippen molar-refractivity contribution in [2.24, 2.45) is 22.9 Å². The molecule has 2 amide bonds. The normalized spacial score (nSPS) is 13.6. The molecule has 0 rings (SSSR count). The molecular weight excluding hydrogens is 420 g/mol. The lowest BCUT2D eigenvalue weighted by molar-refractivity contribution is -0.124. The van der Waals surface area contributed by atoms with Crippen molar-refractivity contribution in [2.75, 3.05) is 32.8 Å². The second-order valence-electron chi connectivity index (χ2n) is 7.69. The quantitative estimate of drug-likeness (QED) is 0.100. The van der Waals surface area contributed by atoms with Crippen molar-refractivity contribution in [3.8, 4) is 0 Å². The Morgan fingerprint density at radius 3 is 1.88 bits per heavy atom. The minimum atomic E-state index is -1.42. The fourth-order valence-electron chi connectivity index (χ4n) is 2.97. The van der Waals surface area contributed by atoms with Crippen molar-refractivity contribution in [2.45, 2.75) is 75.9 Å². The van der Waals surface area contributed by atoms with Crippen LogP contribution in [-0.4, -0.2) is 74.2 Å². The molecule has 32 heavy (non-hydrogen) atoms. The first-order valence-corrected chi connectivity index (χ1v) is 11.3. The first-order chi connectivity index (χ1) is 15.3. The number of nitrogens with two attached hydrogens (primary N) is 4. The van der Waals surface area contributed by atoms with Gasteiger partial charge in [-0.25, -0.2) is 9.59 Å². The Hall–Kier alpha value is -2.15. The third-order valence-electron chi connectivity index (χ3n) is 4.77. The highest BCUT2D eigenvalue weighted by Crippen LogP contribution is 2.06. The molecule has 0 fully saturated rings. The lowest BCUT2D eigenvalue weighted by Crippen LogP contribution is -2.51. The van der Waals surface area contributed by atoms with E-state index >= 15 is 0 Å². The van der Waals surface area contributed by atoms with Gasteiger partial charge in [0, 0.05) is 6.04 Å². The molecule has 188 valence electrons. The zero-order chi connectivity index (χ0) is 24.2. The van der Waals surface area contributed by atoms with Gasteiger partial charge in [0.2, 0.25) is 5.91 Å². The van der Waals surface area contributed by atoms with Crippen LogP contribution in [0.1, 0.15) is 57.8 Å². The minimum Gasteiger partial charge on any atom is -0.450 e. The van der Waals surface area contributed by atoms with E-state index in [1.165, 1.54) is 0 Å². The topological polar surface area (TPSA) is 218 Å². The van der Waals surface area contributed by atoms with Gasteiger partial charge in [-0.15, -0.1) is 0 Å². The van der Waals surface area contributed by atoms with Crippen LogP contribution < -0.4 is 33.6 Å². The molecule has 0 aromatic rings. The highest BCUT2D eigenvalue weighted by Gasteiger charge is 2.24. The van der Waals surface area contributed by atoms with Crippen LogP contribution in [0.2, 0.25) is 0 Å². The number of amides is 2. The number of nitrogens with one attached hydrogen (secondary N) is 2. The van der Waals surface area contributed by atoms with E-state index in [4.69, 9.17) is 32.8 Å². The molecule has 0 radical (unpaired) electrons. The van der Waals surface area contributed by atoms with Crippen LogP contribution in [0, 0.1) is 0 Å². The molecule has 12 nitrogen and oxygen atoms in total. The summed E-state index contributed by atoms with van der Waals surface area (Å²) in [5.74, 6) is -0.446. The van der Waals surface area contributed by atoms with Crippen LogP contribution >= 0.6 is 0 Å². The molecule has 12 heteroatoms. The van der Waals surface area contributed by atoms with Crippen molar-refractivity contribution in [1.82, 2.24) is 10.6 Å². The predicted molar refractivity (Wildman–Crippen MR) is 121 cm³/mol. The molecule has 0 aromatic heterocycles. The van der Waals surface area contributed by atoms with E-state index in [0.29, 0.717) is 58.2 Å². The molecule has 0 unspecified atom stereocenters. The lowest BCUT2D eigenvalue weighted by Gasteiger charge is -2.23. The van der Waals surface area contributed by atoms with Crippen LogP contribution in [0.4, 0.5) is 9.59 Å². The van der Waals surface area contributed by atoms with Crippen molar-refractivity contribution >= 4 is 18.2 Å². The van der Waals surface area contributed by atoms with Gasteiger partial charge in [-0.05, 0) is 64.6 Å². The van der Waals surface area contributed by atoms with Gasteiger partial charge in [0.05, 0.1) is 6.04 Å². The number of rotatable bonds is 19. The number of carbonyl (C=O) groups is 3. The van der Waals surface area contributed by atoms with E-state index in [2.05, 4.69) is 15.4 Å². The van der Waals surface area contributed by atoms with Gasteiger partial charge in [0.25, 0.3) is 0 Å². The zero-order valence-electron chi connectivity index (χ0n) is 18.9. The third kappa shape index (κ3) is 16.5. The van der Waals surface area contributed by atoms with Gasteiger partial charge in [-0.1, -0.05) is 12.8 Å². The van der Waals surface area contributed by atoms with Crippen LogP contribution in [0.3, 0.4) is 0 Å². The summed E-state index contributed by atoms with van der Waals surface area (Å²) >= 11 is 0. The summed E-state index contributed by atoms with van der Waals surface area (Å²) in [5, 5.41) is 14.1. The monoisotopic (exact) mass is 462 g/mol. The molecule has 0 aliphatic carbocycles. The number of ether oxygens (including phenoxy) is 2. The number of hydrogen-bond acceptors (Lipinski definition) is 9. The van der Waals surface area contributed by atoms with Gasteiger partial charge < -0.3 is 48.1 Å². The first-order valence-electron chi connectivity index (χ1n) is 11.3. The van der Waals surface area contributed by atoms with Crippen molar-refractivity contribution in [3.63, 3.8) is 0 Å². The second-order valence-corrected chi connectivity index (χ2v) is 7.69. The third-order valence-corrected chi connectivity index (χ3v) is 4.77. The summed E-state index contributed by atoms with van der Waals surface area (Å²) in [6, 6.07) is -1.70. The minimum absolute atomic E-state index is 0.0295. The average molecular weight is 463 g/mol. The van der Waals surface area contributed by atoms with E-state index in [0.717, 1.165) is 19.3 Å². The Morgan fingerprint density at radius 2 is 1.31 bits per heavy atom. The lowest BCUT2D eigenvalue weighted by atomic mass is 10.1. The van der Waals surface area contributed by atoms with Crippen molar-refractivity contribution < 1.29 is 29.0 Å². The van der Waals surface area contributed by atoms with Crippen LogP contribution in [0.25, 0.3) is 0 Å². The van der Waals surface area contributed by atoms with E-state index in [9.17, 15) is 14.4 Å². The van der Waals surface area contributed by atoms with Gasteiger partial charge >= 0.3 is 12.2 Å². The molecule has 0 bridgehead atoms. The van der Waals surface area contributed by atoms with Crippen LogP contribution in [0.15, 0.2) is 0 Å². The first kappa shape index (κ1) is 29.9. The second kappa shape index (κ2) is 19.5. The molecule has 0 saturated heterocycles. The molecule has 0 aromatic carbocycles. The predicted octanol–water partition coefficient (Wildman–Crippen LogP) is -0.0251. The fraction of sp³-hybridized carbons (Fsp3) is 0.850. The van der Waals surface area contributed by atoms with Crippen molar-refractivity contribution in [1.29, 1.82) is 0 Å². The van der Waals surface area contributed by atoms with Gasteiger partial charge in [-0.3, -0.25) is 4.79 Å². The molecule has 3 atom stereocenters. The largest absolute Gasteiger partial charge is 0.505 e. The molecule has 0 aliphatic heterocycles. The summed E-state index contributed by atoms with van der Waals surface area (Å²) in [7, 11) is 0. The molecule has 11 N–H and O–H groups in total. The summed E-state index contributed by atoms with van der Waals surface area (Å²) < 4.78 is 9.78. The van der Waals surface area contributed by atoms with E-state index in [1.807, 2.05) is 0 Å². The zero-order valence-corrected chi connectivity index (χ0v) is 18.9. The standard InChI is InChI=1S/C20H42N6O6/c21-10-4-1-7-15(24)13-31-19(28)26-17(9-3-6-12-23)18(27)25-16(8-2-5-11-22)14-32-20(29)30/h15-17H,1-14,21-24H2,(H,25,27)(H,26,28)(H,29,30)/t15-,16-,17+/m1/s1. The highest BCUT2D eigenvalue weighted by atomic mass is 16.7. The highest BCUT2D eigenvalue weighted by molar-refractivity contribution is 5.85. The maximum Gasteiger partial charge on any atom is 0.505 e. The molecule has 0 heterocycles. The summed E-state index contributed by atoms with van der Waals surface area (Å²) in [6.45, 7) is 1.37. The van der Waals surface area contributed by atoms with E-state index in [1.54, 1.807) is 0 Å². The molecular formula is C20H42N6O6. The SMILES string of the molecule is NCCCC[C@@H](N)COC(=O)N[C@@H](CCCCN)C(=O)N[C@H](CCCCN)COC(=O)O. The van der Waals surface area contributed by atoms with Gasteiger partial charge in [-0.2, -0.15) is 0 Å². The number of alkyl carbamates (subject to hydrolysis) is 1. The maximum absolute atomic E-state index is 12.8. The molecule has 0 aliphatic rings. The van der Waals surface area contributed by atoms with E-state index < -0.39 is 30.2 Å². The Kier molecular flexibility index (Phi) is 18.2. The Labute approximate surface area is 190 Å². The fourth-order valence-corrected chi connectivity index (χ4v) is 2.97. The Balaban J connectivity index is 4.82. The van der Waals surface area contributed by atoms with Crippen molar-refractivity contribution in [3.05, 3.63) is 0 Å². The van der Waals surface area contributed by atoms with E-state index in [-0.39, 0.29) is 19.3 Å².